The molecule has 0 unspecified atom stereocenters. The van der Waals surface area contributed by atoms with Crippen molar-refractivity contribution in [3.8, 4) is 0 Å². The highest BCUT2D eigenvalue weighted by Gasteiger charge is 2.24. The number of nitrogens with zero attached hydrogens (tertiary/aromatic N) is 3. The molecule has 1 saturated heterocycles. The maximum atomic E-state index is 12.5. The summed E-state index contributed by atoms with van der Waals surface area (Å²) in [6, 6.07) is 4.92. The van der Waals surface area contributed by atoms with Gasteiger partial charge < -0.3 is 14.8 Å². The van der Waals surface area contributed by atoms with Crippen LogP contribution in [0.15, 0.2) is 17.5 Å². The number of fused-ring (bicyclic) bond motifs is 1. The van der Waals surface area contributed by atoms with Crippen molar-refractivity contribution in [3.63, 3.8) is 0 Å². The fourth-order valence-electron chi connectivity index (χ4n) is 4.66. The topological polar surface area (TPSA) is 40.5 Å². The smallest absolute Gasteiger partial charge is 0.267 e. The van der Waals surface area contributed by atoms with Crippen molar-refractivity contribution in [1.82, 2.24) is 19.7 Å². The van der Waals surface area contributed by atoms with E-state index in [1.54, 1.807) is 11.3 Å². The summed E-state index contributed by atoms with van der Waals surface area (Å²) in [5.74, 6) is 0.0445. The maximum Gasteiger partial charge on any atom is 0.267 e. The van der Waals surface area contributed by atoms with Crippen molar-refractivity contribution in [1.29, 1.82) is 0 Å². The minimum atomic E-state index is 0.0445. The Morgan fingerprint density at radius 2 is 1.96 bits per heavy atom. The predicted octanol–water partition coefficient (Wildman–Crippen LogP) is 3.31. The Bertz CT molecular complexity index is 753. The molecule has 27 heavy (non-hydrogen) atoms. The monoisotopic (exact) mass is 388 g/mol. The molecule has 2 fully saturated rings. The first-order chi connectivity index (χ1) is 13.2. The van der Waals surface area contributed by atoms with Crippen molar-refractivity contribution < 1.29 is 4.79 Å². The fourth-order valence-corrected chi connectivity index (χ4v) is 5.51. The third-order valence-corrected chi connectivity index (χ3v) is 7.18. The molecule has 0 spiro atoms. The lowest BCUT2D eigenvalue weighted by molar-refractivity contribution is 0.0779. The number of nitrogens with one attached hydrogen (secondary N) is 1. The number of amides is 1. The summed E-state index contributed by atoms with van der Waals surface area (Å²) >= 11 is 1.69. The highest BCUT2D eigenvalue weighted by Crippen LogP contribution is 2.24. The zero-order valence-electron chi connectivity index (χ0n) is 16.5. The molecule has 1 amide bonds. The van der Waals surface area contributed by atoms with Gasteiger partial charge in [-0.3, -0.25) is 9.69 Å². The van der Waals surface area contributed by atoms with E-state index in [4.69, 9.17) is 0 Å². The molecule has 0 atom stereocenters. The summed E-state index contributed by atoms with van der Waals surface area (Å²) in [6.45, 7) is 6.63. The number of hydrogen-bond donors (Lipinski definition) is 1. The molecule has 5 nitrogen and oxygen atoms in total. The zero-order valence-corrected chi connectivity index (χ0v) is 17.3. The first-order valence-electron chi connectivity index (χ1n) is 10.5. The van der Waals surface area contributed by atoms with Crippen LogP contribution in [0.5, 0.6) is 0 Å². The quantitative estimate of drug-likeness (QED) is 0.772. The van der Waals surface area contributed by atoms with Crippen molar-refractivity contribution in [2.24, 2.45) is 7.05 Å². The first-order valence-corrected chi connectivity index (χ1v) is 11.4. The van der Waals surface area contributed by atoms with Gasteiger partial charge in [-0.1, -0.05) is 19.3 Å². The summed E-state index contributed by atoms with van der Waals surface area (Å²) in [4.78, 5) is 17.7. The van der Waals surface area contributed by atoms with Crippen LogP contribution in [-0.2, 0) is 7.05 Å². The highest BCUT2D eigenvalue weighted by molar-refractivity contribution is 7.17. The van der Waals surface area contributed by atoms with Crippen molar-refractivity contribution >= 4 is 27.5 Å². The molecule has 2 aromatic rings. The van der Waals surface area contributed by atoms with Gasteiger partial charge >= 0.3 is 0 Å². The number of rotatable bonds is 6. The Kier molecular flexibility index (Phi) is 6.15. The second-order valence-electron chi connectivity index (χ2n) is 8.04. The van der Waals surface area contributed by atoms with Crippen LogP contribution >= 0.6 is 11.3 Å². The minimum Gasteiger partial charge on any atom is -0.351 e. The second-order valence-corrected chi connectivity index (χ2v) is 8.99. The van der Waals surface area contributed by atoms with Gasteiger partial charge in [0.1, 0.15) is 5.69 Å². The van der Waals surface area contributed by atoms with Crippen LogP contribution < -0.4 is 5.32 Å². The largest absolute Gasteiger partial charge is 0.351 e. The highest BCUT2D eigenvalue weighted by atomic mass is 32.1. The second kappa shape index (κ2) is 8.76. The summed E-state index contributed by atoms with van der Waals surface area (Å²) in [6.07, 6.45) is 8.11. The van der Waals surface area contributed by atoms with Crippen molar-refractivity contribution in [2.45, 2.75) is 44.6 Å². The number of carbonyl (C=O) groups excluding carboxylic acids is 1. The number of hydrogen-bond acceptors (Lipinski definition) is 4. The van der Waals surface area contributed by atoms with Crippen LogP contribution in [0.25, 0.3) is 10.2 Å². The zero-order chi connectivity index (χ0) is 18.6. The molecular formula is C21H32N4OS. The van der Waals surface area contributed by atoms with Crippen LogP contribution in [0.3, 0.4) is 0 Å². The van der Waals surface area contributed by atoms with E-state index in [9.17, 15) is 4.79 Å². The standard InChI is InChI=1S/C21H32N4OS/c1-23-18-8-15-27-20(18)16-19(23)21(26)22-9-5-10-24-11-13-25(14-12-24)17-6-3-2-4-7-17/h8,15-17H,2-7,9-14H2,1H3,(H,22,26). The number of aromatic nitrogens is 1. The summed E-state index contributed by atoms with van der Waals surface area (Å²) in [7, 11) is 1.97. The van der Waals surface area contributed by atoms with Crippen molar-refractivity contribution in [3.05, 3.63) is 23.2 Å². The molecule has 6 heteroatoms. The summed E-state index contributed by atoms with van der Waals surface area (Å²) < 4.78 is 3.17. The lowest BCUT2D eigenvalue weighted by Crippen LogP contribution is -2.51. The Morgan fingerprint density at radius 1 is 1.19 bits per heavy atom. The van der Waals surface area contributed by atoms with Gasteiger partial charge in [-0.15, -0.1) is 11.3 Å². The summed E-state index contributed by atoms with van der Waals surface area (Å²) in [5, 5.41) is 5.17. The van der Waals surface area contributed by atoms with E-state index in [1.807, 2.05) is 17.7 Å². The summed E-state index contributed by atoms with van der Waals surface area (Å²) in [5.41, 5.74) is 1.90. The average molecular weight is 389 g/mol. The molecule has 2 aromatic heterocycles. The van der Waals surface area contributed by atoms with Crippen LogP contribution in [0.1, 0.15) is 49.0 Å². The lowest BCUT2D eigenvalue weighted by atomic mass is 9.94. The van der Waals surface area contributed by atoms with Crippen molar-refractivity contribution in [2.75, 3.05) is 39.3 Å². The first kappa shape index (κ1) is 19.0. The van der Waals surface area contributed by atoms with Gasteiger partial charge in [-0.05, 0) is 43.3 Å². The average Bonchev–Trinajstić information content (AvgIpc) is 3.29. The van der Waals surface area contributed by atoms with E-state index >= 15 is 0 Å². The Hall–Kier alpha value is -1.37. The molecule has 4 rings (SSSR count). The van der Waals surface area contributed by atoms with Crippen LogP contribution in [0, 0.1) is 0 Å². The normalized spacial score (nSPS) is 20.3. The fraction of sp³-hybridized carbons (Fsp3) is 0.667. The molecule has 1 saturated carbocycles. The van der Waals surface area contributed by atoms with Gasteiger partial charge in [0.15, 0.2) is 0 Å². The van der Waals surface area contributed by atoms with Gasteiger partial charge in [0.05, 0.1) is 10.2 Å². The van der Waals surface area contributed by atoms with Crippen LogP contribution in [-0.4, -0.2) is 65.6 Å². The molecular weight excluding hydrogens is 356 g/mol. The Balaban J connectivity index is 1.16. The predicted molar refractivity (Wildman–Crippen MR) is 113 cm³/mol. The molecule has 0 bridgehead atoms. The maximum absolute atomic E-state index is 12.5. The molecule has 0 radical (unpaired) electrons. The number of carbonyl (C=O) groups is 1. The van der Waals surface area contributed by atoms with E-state index in [0.717, 1.165) is 36.8 Å². The van der Waals surface area contributed by atoms with E-state index in [-0.39, 0.29) is 5.91 Å². The van der Waals surface area contributed by atoms with E-state index in [1.165, 1.54) is 63.0 Å². The van der Waals surface area contributed by atoms with Gasteiger partial charge in [0.2, 0.25) is 0 Å². The van der Waals surface area contributed by atoms with Gasteiger partial charge in [0, 0.05) is 45.8 Å². The molecule has 1 N–H and O–H groups in total. The van der Waals surface area contributed by atoms with Gasteiger partial charge in [-0.2, -0.15) is 0 Å². The molecule has 0 aromatic carbocycles. The van der Waals surface area contributed by atoms with E-state index in [0.29, 0.717) is 0 Å². The number of piperazine rings is 1. The SMILES string of the molecule is Cn1c(C(=O)NCCCN2CCN(C3CCCCC3)CC2)cc2sccc21. The van der Waals surface area contributed by atoms with Gasteiger partial charge in [-0.25, -0.2) is 0 Å². The molecule has 2 aliphatic rings. The molecule has 1 aliphatic heterocycles. The Labute approximate surface area is 166 Å². The number of thiophene rings is 1. The lowest BCUT2D eigenvalue weighted by Gasteiger charge is -2.40. The molecule has 148 valence electrons. The minimum absolute atomic E-state index is 0.0445. The van der Waals surface area contributed by atoms with Crippen LogP contribution in [0.4, 0.5) is 0 Å². The third-order valence-electron chi connectivity index (χ3n) is 6.33. The van der Waals surface area contributed by atoms with Crippen LogP contribution in [0.2, 0.25) is 0 Å². The van der Waals surface area contributed by atoms with E-state index < -0.39 is 0 Å². The number of aryl methyl sites for hydroxylation is 1. The third kappa shape index (κ3) is 4.39. The molecule has 1 aliphatic carbocycles. The Morgan fingerprint density at radius 3 is 2.70 bits per heavy atom. The van der Waals surface area contributed by atoms with Gasteiger partial charge in [0.25, 0.3) is 5.91 Å². The van der Waals surface area contributed by atoms with E-state index in [2.05, 4.69) is 26.6 Å². The molecule has 3 heterocycles.